The molecule has 1 saturated heterocycles. The van der Waals surface area contributed by atoms with Gasteiger partial charge in [0.15, 0.2) is 0 Å². The summed E-state index contributed by atoms with van der Waals surface area (Å²) in [6.45, 7) is 2.33. The van der Waals surface area contributed by atoms with Crippen molar-refractivity contribution in [2.75, 3.05) is 20.1 Å². The molecule has 0 radical (unpaired) electrons. The average molecular weight is 336 g/mol. The fourth-order valence-electron chi connectivity index (χ4n) is 2.75. The van der Waals surface area contributed by atoms with Gasteiger partial charge in [0.2, 0.25) is 10.0 Å². The molecule has 1 atom stereocenters. The molecule has 8 heteroatoms. The molecule has 22 heavy (non-hydrogen) atoms. The summed E-state index contributed by atoms with van der Waals surface area (Å²) in [7, 11) is -2.21. The third kappa shape index (κ3) is 3.28. The number of aryl methyl sites for hydroxylation is 1. The predicted octanol–water partition coefficient (Wildman–Crippen LogP) is 2.39. The lowest BCUT2D eigenvalue weighted by Gasteiger charge is -2.25. The molecule has 0 spiro atoms. The molecule has 0 saturated carbocycles. The van der Waals surface area contributed by atoms with Crippen LogP contribution in [0.15, 0.2) is 23.1 Å². The fourth-order valence-corrected chi connectivity index (χ4v) is 4.69. The number of likely N-dealkylation sites (N-methyl/N-ethyl adjacent to an activating group) is 1. The van der Waals surface area contributed by atoms with Crippen LogP contribution in [0.3, 0.4) is 0 Å². The third-order valence-corrected chi connectivity index (χ3v) is 5.96. The average Bonchev–Trinajstić information content (AvgIpc) is 2.87. The van der Waals surface area contributed by atoms with Crippen molar-refractivity contribution < 1.29 is 21.6 Å². The van der Waals surface area contributed by atoms with Crippen LogP contribution in [0, 0.1) is 6.92 Å². The lowest BCUT2D eigenvalue weighted by molar-refractivity contribution is -0.137. The molecule has 1 N–H and O–H groups in total. The Morgan fingerprint density at radius 2 is 2.05 bits per heavy atom. The summed E-state index contributed by atoms with van der Waals surface area (Å²) < 4.78 is 65.3. The zero-order valence-electron chi connectivity index (χ0n) is 12.4. The van der Waals surface area contributed by atoms with Crippen molar-refractivity contribution in [2.24, 2.45) is 0 Å². The van der Waals surface area contributed by atoms with Crippen molar-refractivity contribution in [2.45, 2.75) is 36.9 Å². The van der Waals surface area contributed by atoms with E-state index in [0.717, 1.165) is 12.1 Å². The lowest BCUT2D eigenvalue weighted by atomic mass is 10.1. The van der Waals surface area contributed by atoms with E-state index in [9.17, 15) is 21.6 Å². The molecule has 2 rings (SSSR count). The summed E-state index contributed by atoms with van der Waals surface area (Å²) in [5.41, 5.74) is -0.621. The van der Waals surface area contributed by atoms with Crippen LogP contribution in [0.4, 0.5) is 13.2 Å². The SMILES string of the molecule is CNCC1CCCN1S(=O)(=O)c1cc(C(F)(F)F)ccc1C. The Bertz CT molecular complexity index is 644. The largest absolute Gasteiger partial charge is 0.416 e. The molecule has 0 bridgehead atoms. The van der Waals surface area contributed by atoms with Gasteiger partial charge in [-0.3, -0.25) is 0 Å². The topological polar surface area (TPSA) is 49.4 Å². The Balaban J connectivity index is 2.45. The summed E-state index contributed by atoms with van der Waals surface area (Å²) in [5, 5.41) is 2.93. The molecule has 124 valence electrons. The van der Waals surface area contributed by atoms with Crippen LogP contribution in [0.1, 0.15) is 24.0 Å². The van der Waals surface area contributed by atoms with Crippen LogP contribution in [0.25, 0.3) is 0 Å². The summed E-state index contributed by atoms with van der Waals surface area (Å²) >= 11 is 0. The maximum Gasteiger partial charge on any atom is 0.416 e. The Kier molecular flexibility index (Phi) is 4.84. The number of sulfonamides is 1. The Morgan fingerprint density at radius 1 is 1.36 bits per heavy atom. The second-order valence-electron chi connectivity index (χ2n) is 5.45. The Labute approximate surface area is 128 Å². The summed E-state index contributed by atoms with van der Waals surface area (Å²) in [6.07, 6.45) is -3.14. The minimum atomic E-state index is -4.56. The van der Waals surface area contributed by atoms with Crippen molar-refractivity contribution in [1.82, 2.24) is 9.62 Å². The van der Waals surface area contributed by atoms with Gasteiger partial charge in [-0.05, 0) is 44.5 Å². The number of nitrogens with zero attached hydrogens (tertiary/aromatic N) is 1. The van der Waals surface area contributed by atoms with E-state index in [-0.39, 0.29) is 10.9 Å². The standard InChI is InChI=1S/C14H19F3N2O2S/c1-10-5-6-11(14(15,16)17)8-13(10)22(20,21)19-7-3-4-12(19)9-18-2/h5-6,8,12,18H,3-4,7,9H2,1-2H3. The van der Waals surface area contributed by atoms with Gasteiger partial charge in [0, 0.05) is 19.1 Å². The van der Waals surface area contributed by atoms with Crippen LogP contribution in [0.2, 0.25) is 0 Å². The van der Waals surface area contributed by atoms with E-state index < -0.39 is 21.8 Å². The van der Waals surface area contributed by atoms with Crippen LogP contribution >= 0.6 is 0 Å². The highest BCUT2D eigenvalue weighted by atomic mass is 32.2. The first-order valence-corrected chi connectivity index (χ1v) is 8.46. The summed E-state index contributed by atoms with van der Waals surface area (Å²) in [5.74, 6) is 0. The highest BCUT2D eigenvalue weighted by Gasteiger charge is 2.37. The molecule has 1 aromatic carbocycles. The highest BCUT2D eigenvalue weighted by molar-refractivity contribution is 7.89. The molecule has 4 nitrogen and oxygen atoms in total. The first kappa shape index (κ1) is 17.2. The molecule has 1 aromatic rings. The molecule has 1 unspecified atom stereocenters. The van der Waals surface area contributed by atoms with Gasteiger partial charge < -0.3 is 5.32 Å². The monoisotopic (exact) mass is 336 g/mol. The first-order valence-electron chi connectivity index (χ1n) is 7.02. The van der Waals surface area contributed by atoms with Gasteiger partial charge in [-0.2, -0.15) is 17.5 Å². The molecule has 1 aliphatic heterocycles. The molecule has 1 heterocycles. The van der Waals surface area contributed by atoms with Gasteiger partial charge in [-0.15, -0.1) is 0 Å². The number of nitrogens with one attached hydrogen (secondary N) is 1. The zero-order chi connectivity index (χ0) is 16.5. The quantitative estimate of drug-likeness (QED) is 0.918. The fraction of sp³-hybridized carbons (Fsp3) is 0.571. The van der Waals surface area contributed by atoms with Gasteiger partial charge in [0.1, 0.15) is 0 Å². The molecular weight excluding hydrogens is 317 g/mol. The third-order valence-electron chi connectivity index (χ3n) is 3.86. The van der Waals surface area contributed by atoms with Crippen molar-refractivity contribution in [3.05, 3.63) is 29.3 Å². The zero-order valence-corrected chi connectivity index (χ0v) is 13.3. The second-order valence-corrected chi connectivity index (χ2v) is 7.31. The van der Waals surface area contributed by atoms with Crippen LogP contribution < -0.4 is 5.32 Å². The minimum Gasteiger partial charge on any atom is -0.318 e. The molecule has 0 aliphatic carbocycles. The minimum absolute atomic E-state index is 0.219. The number of halogens is 3. The van der Waals surface area contributed by atoms with Gasteiger partial charge in [0.25, 0.3) is 0 Å². The molecule has 0 aromatic heterocycles. The summed E-state index contributed by atoms with van der Waals surface area (Å²) in [6, 6.07) is 2.63. The van der Waals surface area contributed by atoms with E-state index in [0.29, 0.717) is 31.5 Å². The smallest absolute Gasteiger partial charge is 0.318 e. The molecular formula is C14H19F3N2O2S. The van der Waals surface area contributed by atoms with Crippen molar-refractivity contribution >= 4 is 10.0 Å². The number of benzene rings is 1. The second kappa shape index (κ2) is 6.17. The molecule has 1 aliphatic rings. The number of hydrogen-bond donors (Lipinski definition) is 1. The van der Waals surface area contributed by atoms with Crippen molar-refractivity contribution in [3.8, 4) is 0 Å². The maximum absolute atomic E-state index is 12.8. The van der Waals surface area contributed by atoms with E-state index in [1.54, 1.807) is 7.05 Å². The van der Waals surface area contributed by atoms with E-state index in [2.05, 4.69) is 5.32 Å². The number of rotatable bonds is 4. The Morgan fingerprint density at radius 3 is 2.64 bits per heavy atom. The number of alkyl halides is 3. The van der Waals surface area contributed by atoms with Gasteiger partial charge in [0.05, 0.1) is 10.5 Å². The van der Waals surface area contributed by atoms with Crippen LogP contribution in [0.5, 0.6) is 0 Å². The van der Waals surface area contributed by atoms with E-state index in [4.69, 9.17) is 0 Å². The molecule has 0 amide bonds. The van der Waals surface area contributed by atoms with E-state index in [1.807, 2.05) is 0 Å². The van der Waals surface area contributed by atoms with E-state index in [1.165, 1.54) is 17.3 Å². The van der Waals surface area contributed by atoms with Crippen molar-refractivity contribution in [1.29, 1.82) is 0 Å². The molecule has 1 fully saturated rings. The predicted molar refractivity (Wildman–Crippen MR) is 77.0 cm³/mol. The first-order chi connectivity index (χ1) is 10.2. The van der Waals surface area contributed by atoms with Crippen LogP contribution in [-0.4, -0.2) is 38.9 Å². The maximum atomic E-state index is 12.8. The van der Waals surface area contributed by atoms with Gasteiger partial charge in [-0.1, -0.05) is 6.07 Å². The van der Waals surface area contributed by atoms with Gasteiger partial charge in [-0.25, -0.2) is 8.42 Å². The van der Waals surface area contributed by atoms with E-state index >= 15 is 0 Å². The summed E-state index contributed by atoms with van der Waals surface area (Å²) in [4.78, 5) is -0.259. The van der Waals surface area contributed by atoms with Gasteiger partial charge >= 0.3 is 6.18 Å². The van der Waals surface area contributed by atoms with Crippen LogP contribution in [-0.2, 0) is 16.2 Å². The normalized spacial score (nSPS) is 20.5. The highest BCUT2D eigenvalue weighted by Crippen LogP contribution is 2.34. The number of hydrogen-bond acceptors (Lipinski definition) is 3. The lowest BCUT2D eigenvalue weighted by Crippen LogP contribution is -2.41. The van der Waals surface area contributed by atoms with Crippen molar-refractivity contribution in [3.63, 3.8) is 0 Å². The Hall–Kier alpha value is -1.12.